The normalized spacial score (nSPS) is 10.7. The van der Waals surface area contributed by atoms with Crippen molar-refractivity contribution in [3.63, 3.8) is 0 Å². The first-order valence-electron chi connectivity index (χ1n) is 8.73. The molecule has 5 nitrogen and oxygen atoms in total. The lowest BCUT2D eigenvalue weighted by Gasteiger charge is -2.08. The maximum atomic E-state index is 12.3. The second-order valence-corrected chi connectivity index (χ2v) is 6.70. The van der Waals surface area contributed by atoms with Gasteiger partial charge in [-0.05, 0) is 50.1 Å². The molecule has 3 rings (SSSR count). The molecule has 0 aliphatic carbocycles. The number of aryl methyl sites for hydroxylation is 1. The molecular weight excluding hydrogens is 362 g/mol. The minimum Gasteiger partial charge on any atom is -0.497 e. The molecule has 3 aromatic rings. The Bertz CT molecular complexity index is 966. The number of amides is 1. The minimum absolute atomic E-state index is 0.0731. The molecule has 1 aromatic heterocycles. The van der Waals surface area contributed by atoms with Crippen LogP contribution in [-0.2, 0) is 11.2 Å². The van der Waals surface area contributed by atoms with Gasteiger partial charge in [0.1, 0.15) is 5.75 Å². The minimum atomic E-state index is -0.0731. The van der Waals surface area contributed by atoms with Gasteiger partial charge in [0.15, 0.2) is 0 Å². The smallest absolute Gasteiger partial charge is 0.224 e. The highest BCUT2D eigenvalue weighted by Crippen LogP contribution is 2.23. The first-order valence-corrected chi connectivity index (χ1v) is 9.11. The number of carbonyl (C=O) groups is 1. The Balaban J connectivity index is 1.73. The Morgan fingerprint density at radius 1 is 1.19 bits per heavy atom. The van der Waals surface area contributed by atoms with Gasteiger partial charge in [0.2, 0.25) is 5.91 Å². The Hall–Kier alpha value is -2.79. The lowest BCUT2D eigenvalue weighted by Crippen LogP contribution is -2.13. The summed E-state index contributed by atoms with van der Waals surface area (Å²) in [5.74, 6) is 0.705. The van der Waals surface area contributed by atoms with Gasteiger partial charge in [0.25, 0.3) is 0 Å². The number of benzene rings is 2. The number of carbonyl (C=O) groups excluding carboxylic acids is 1. The van der Waals surface area contributed by atoms with Gasteiger partial charge in [-0.15, -0.1) is 0 Å². The first-order chi connectivity index (χ1) is 13.0. The topological polar surface area (TPSA) is 56.2 Å². The van der Waals surface area contributed by atoms with Crippen molar-refractivity contribution < 1.29 is 9.53 Å². The zero-order valence-electron chi connectivity index (χ0n) is 15.6. The van der Waals surface area contributed by atoms with E-state index in [1.165, 1.54) is 0 Å². The van der Waals surface area contributed by atoms with E-state index in [0.29, 0.717) is 23.6 Å². The lowest BCUT2D eigenvalue weighted by atomic mass is 10.1. The standard InChI is InChI=1S/C21H22ClN3O2/c1-14-18(11-12-21(26)23-20-10-5-4-9-19(20)22)15(2)25(24-14)16-7-6-8-17(13-16)27-3/h4-10,13H,11-12H2,1-3H3,(H,23,26). The number of para-hydroxylation sites is 1. The number of nitrogens with one attached hydrogen (secondary N) is 1. The van der Waals surface area contributed by atoms with Gasteiger partial charge in [-0.2, -0.15) is 5.10 Å². The van der Waals surface area contributed by atoms with E-state index in [-0.39, 0.29) is 5.91 Å². The molecule has 0 saturated heterocycles. The summed E-state index contributed by atoms with van der Waals surface area (Å²) in [4.78, 5) is 12.3. The van der Waals surface area contributed by atoms with Crippen LogP contribution in [0, 0.1) is 13.8 Å². The molecule has 27 heavy (non-hydrogen) atoms. The molecule has 2 aromatic carbocycles. The Kier molecular flexibility index (Phi) is 5.81. The van der Waals surface area contributed by atoms with E-state index in [1.807, 2.05) is 54.9 Å². The average Bonchev–Trinajstić information content (AvgIpc) is 2.96. The Labute approximate surface area is 163 Å². The number of ether oxygens (including phenoxy) is 1. The number of methoxy groups -OCH3 is 1. The summed E-state index contributed by atoms with van der Waals surface area (Å²) >= 11 is 6.09. The monoisotopic (exact) mass is 383 g/mol. The van der Waals surface area contributed by atoms with E-state index in [1.54, 1.807) is 19.2 Å². The van der Waals surface area contributed by atoms with Gasteiger partial charge >= 0.3 is 0 Å². The summed E-state index contributed by atoms with van der Waals surface area (Å²) in [7, 11) is 1.64. The van der Waals surface area contributed by atoms with Crippen molar-refractivity contribution in [3.8, 4) is 11.4 Å². The van der Waals surface area contributed by atoms with Crippen LogP contribution in [0.3, 0.4) is 0 Å². The Morgan fingerprint density at radius 2 is 1.96 bits per heavy atom. The van der Waals surface area contributed by atoms with Crippen LogP contribution in [0.1, 0.15) is 23.4 Å². The third kappa shape index (κ3) is 4.31. The van der Waals surface area contributed by atoms with E-state index in [2.05, 4.69) is 10.4 Å². The lowest BCUT2D eigenvalue weighted by molar-refractivity contribution is -0.116. The molecule has 0 saturated carbocycles. The third-order valence-electron chi connectivity index (χ3n) is 4.49. The molecule has 1 heterocycles. The maximum Gasteiger partial charge on any atom is 0.224 e. The van der Waals surface area contributed by atoms with E-state index in [4.69, 9.17) is 16.3 Å². The van der Waals surface area contributed by atoms with Crippen molar-refractivity contribution in [2.24, 2.45) is 0 Å². The molecule has 140 valence electrons. The molecule has 0 spiro atoms. The number of hydrogen-bond donors (Lipinski definition) is 1. The summed E-state index contributed by atoms with van der Waals surface area (Å²) in [6, 6.07) is 15.0. The molecule has 0 aliphatic heterocycles. The quantitative estimate of drug-likeness (QED) is 0.669. The van der Waals surface area contributed by atoms with Crippen LogP contribution in [0.5, 0.6) is 5.75 Å². The predicted octanol–water partition coefficient (Wildman–Crippen LogP) is 4.72. The summed E-state index contributed by atoms with van der Waals surface area (Å²) in [5.41, 5.74) is 4.57. The zero-order chi connectivity index (χ0) is 19.4. The highest BCUT2D eigenvalue weighted by atomic mass is 35.5. The second-order valence-electron chi connectivity index (χ2n) is 6.29. The highest BCUT2D eigenvalue weighted by Gasteiger charge is 2.15. The maximum absolute atomic E-state index is 12.3. The van der Waals surface area contributed by atoms with E-state index < -0.39 is 0 Å². The van der Waals surface area contributed by atoms with Crippen molar-refractivity contribution in [2.75, 3.05) is 12.4 Å². The fourth-order valence-electron chi connectivity index (χ4n) is 3.04. The Morgan fingerprint density at radius 3 is 2.70 bits per heavy atom. The van der Waals surface area contributed by atoms with Crippen LogP contribution in [0.2, 0.25) is 5.02 Å². The van der Waals surface area contributed by atoms with Crippen molar-refractivity contribution in [1.29, 1.82) is 0 Å². The van der Waals surface area contributed by atoms with Gasteiger partial charge in [0.05, 0.1) is 29.2 Å². The van der Waals surface area contributed by atoms with Crippen LogP contribution in [0.15, 0.2) is 48.5 Å². The molecule has 0 bridgehead atoms. The van der Waals surface area contributed by atoms with Crippen LogP contribution < -0.4 is 10.1 Å². The molecule has 0 atom stereocenters. The van der Waals surface area contributed by atoms with Crippen molar-refractivity contribution in [1.82, 2.24) is 9.78 Å². The average molecular weight is 384 g/mol. The van der Waals surface area contributed by atoms with Crippen LogP contribution in [-0.4, -0.2) is 22.8 Å². The summed E-state index contributed by atoms with van der Waals surface area (Å²) in [6.07, 6.45) is 0.967. The largest absolute Gasteiger partial charge is 0.497 e. The number of rotatable bonds is 6. The molecular formula is C21H22ClN3O2. The number of halogens is 1. The van der Waals surface area contributed by atoms with Crippen LogP contribution >= 0.6 is 11.6 Å². The summed E-state index contributed by atoms with van der Waals surface area (Å²) in [5, 5.41) is 8.03. The van der Waals surface area contributed by atoms with Gasteiger partial charge in [-0.3, -0.25) is 4.79 Å². The van der Waals surface area contributed by atoms with Crippen molar-refractivity contribution in [2.45, 2.75) is 26.7 Å². The highest BCUT2D eigenvalue weighted by molar-refractivity contribution is 6.33. The summed E-state index contributed by atoms with van der Waals surface area (Å²) < 4.78 is 7.18. The van der Waals surface area contributed by atoms with E-state index >= 15 is 0 Å². The first kappa shape index (κ1) is 19.0. The fourth-order valence-corrected chi connectivity index (χ4v) is 3.23. The molecule has 0 fully saturated rings. The molecule has 1 N–H and O–H groups in total. The fraction of sp³-hybridized carbons (Fsp3) is 0.238. The van der Waals surface area contributed by atoms with E-state index in [0.717, 1.165) is 28.4 Å². The second kappa shape index (κ2) is 8.27. The van der Waals surface area contributed by atoms with E-state index in [9.17, 15) is 4.79 Å². The van der Waals surface area contributed by atoms with Crippen LogP contribution in [0.4, 0.5) is 5.69 Å². The molecule has 0 unspecified atom stereocenters. The molecule has 6 heteroatoms. The van der Waals surface area contributed by atoms with Gasteiger partial charge < -0.3 is 10.1 Å². The molecule has 1 amide bonds. The predicted molar refractivity (Wildman–Crippen MR) is 108 cm³/mol. The van der Waals surface area contributed by atoms with Crippen LogP contribution in [0.25, 0.3) is 5.69 Å². The number of nitrogens with zero attached hydrogens (tertiary/aromatic N) is 2. The van der Waals surface area contributed by atoms with Crippen molar-refractivity contribution >= 4 is 23.2 Å². The van der Waals surface area contributed by atoms with Gasteiger partial charge in [0, 0.05) is 18.2 Å². The molecule has 0 aliphatic rings. The SMILES string of the molecule is COc1cccc(-n2nc(C)c(CCC(=O)Nc3ccccc3Cl)c2C)c1. The number of aromatic nitrogens is 2. The zero-order valence-corrected chi connectivity index (χ0v) is 16.4. The van der Waals surface area contributed by atoms with Gasteiger partial charge in [-0.1, -0.05) is 29.8 Å². The molecule has 0 radical (unpaired) electrons. The third-order valence-corrected chi connectivity index (χ3v) is 4.82. The number of hydrogen-bond acceptors (Lipinski definition) is 3. The van der Waals surface area contributed by atoms with Crippen molar-refractivity contribution in [3.05, 3.63) is 70.5 Å². The number of anilines is 1. The van der Waals surface area contributed by atoms with Gasteiger partial charge in [-0.25, -0.2) is 4.68 Å². The summed E-state index contributed by atoms with van der Waals surface area (Å²) in [6.45, 7) is 3.98.